The fourth-order valence-electron chi connectivity index (χ4n) is 0.600. The Morgan fingerprint density at radius 2 is 1.12 bits per heavy atom. The summed E-state index contributed by atoms with van der Waals surface area (Å²) in [4.78, 5) is 20.6. The molecule has 0 rings (SSSR count). The van der Waals surface area contributed by atoms with Gasteiger partial charge >= 0.3 is 11.9 Å². The van der Waals surface area contributed by atoms with Gasteiger partial charge in [0.15, 0.2) is 0 Å². The smallest absolute Gasteiger partial charge is 0.315 e. The Morgan fingerprint density at radius 3 is 1.18 bits per heavy atom. The molecule has 0 aromatic heterocycles. The van der Waals surface area contributed by atoms with Crippen LogP contribution in [-0.2, 0) is 38.5 Å². The minimum Gasteiger partial charge on any atom is -0.462 e. The average molecular weight is 334 g/mol. The molecule has 98 valence electrons. The number of esters is 2. The third-order valence-electron chi connectivity index (χ3n) is 0.992. The molecule has 0 aromatic carbocycles. The SMILES string of the molecule is CC(C)OC(=O)CS.CC(C)OC(=O)CS.[Zn]. The number of hydrogen-bond donors (Lipinski definition) is 2. The van der Waals surface area contributed by atoms with E-state index in [0.29, 0.717) is 0 Å². The zero-order chi connectivity index (χ0) is 13.1. The molecule has 0 aromatic rings. The van der Waals surface area contributed by atoms with E-state index in [1.807, 2.05) is 0 Å². The summed E-state index contributed by atoms with van der Waals surface area (Å²) in [6.07, 6.45) is -0.0377. The zero-order valence-corrected chi connectivity index (χ0v) is 15.6. The minimum atomic E-state index is -0.261. The van der Waals surface area contributed by atoms with Crippen LogP contribution in [0.5, 0.6) is 0 Å². The molecule has 0 unspecified atom stereocenters. The molecule has 0 saturated heterocycles. The summed E-state index contributed by atoms with van der Waals surface area (Å²) in [5.74, 6) is -0.192. The van der Waals surface area contributed by atoms with Crippen LogP contribution in [0.1, 0.15) is 27.7 Å². The normalized spacial score (nSPS) is 8.94. The van der Waals surface area contributed by atoms with E-state index in [1.165, 1.54) is 0 Å². The van der Waals surface area contributed by atoms with Gasteiger partial charge in [-0.15, -0.1) is 0 Å². The van der Waals surface area contributed by atoms with Gasteiger partial charge in [-0.25, -0.2) is 0 Å². The van der Waals surface area contributed by atoms with Crippen molar-refractivity contribution in [3.63, 3.8) is 0 Å². The van der Waals surface area contributed by atoms with Crippen molar-refractivity contribution in [2.24, 2.45) is 0 Å². The molecule has 0 amide bonds. The number of carbonyl (C=O) groups excluding carboxylic acids is 2. The summed E-state index contributed by atoms with van der Waals surface area (Å²) in [5, 5.41) is 0. The second-order valence-corrected chi connectivity index (χ2v) is 4.03. The zero-order valence-electron chi connectivity index (χ0n) is 10.8. The van der Waals surface area contributed by atoms with Crippen molar-refractivity contribution < 1.29 is 38.5 Å². The average Bonchev–Trinajstić information content (AvgIpc) is 2.16. The monoisotopic (exact) mass is 332 g/mol. The molecule has 0 saturated carbocycles. The first-order valence-electron chi connectivity index (χ1n) is 4.94. The van der Waals surface area contributed by atoms with Crippen molar-refractivity contribution in [1.29, 1.82) is 0 Å². The first kappa shape index (κ1) is 22.4. The molecule has 0 N–H and O–H groups in total. The number of hydrogen-bond acceptors (Lipinski definition) is 6. The molecule has 0 atom stereocenters. The summed E-state index contributed by atoms with van der Waals surface area (Å²) in [6, 6.07) is 0. The van der Waals surface area contributed by atoms with Crippen molar-refractivity contribution in [1.82, 2.24) is 0 Å². The van der Waals surface area contributed by atoms with E-state index in [4.69, 9.17) is 0 Å². The van der Waals surface area contributed by atoms with Crippen molar-refractivity contribution in [2.45, 2.75) is 39.9 Å². The summed E-state index contributed by atoms with van der Waals surface area (Å²) >= 11 is 7.43. The van der Waals surface area contributed by atoms with Crippen LogP contribution in [-0.4, -0.2) is 35.7 Å². The molecule has 0 aliphatic carbocycles. The van der Waals surface area contributed by atoms with E-state index in [9.17, 15) is 9.59 Å². The predicted octanol–water partition coefficient (Wildman–Crippen LogP) is 1.73. The maximum atomic E-state index is 10.3. The second kappa shape index (κ2) is 14.3. The quantitative estimate of drug-likeness (QED) is 0.467. The van der Waals surface area contributed by atoms with Crippen molar-refractivity contribution >= 4 is 37.2 Å². The van der Waals surface area contributed by atoms with Gasteiger partial charge in [-0.1, -0.05) is 0 Å². The Hall–Kier alpha value is 0.263. The fraction of sp³-hybridized carbons (Fsp3) is 0.800. The van der Waals surface area contributed by atoms with Gasteiger partial charge in [0, 0.05) is 19.5 Å². The molecule has 0 aliphatic heterocycles. The Labute approximate surface area is 127 Å². The Morgan fingerprint density at radius 1 is 0.882 bits per heavy atom. The maximum Gasteiger partial charge on any atom is 0.315 e. The Bertz CT molecular complexity index is 188. The summed E-state index contributed by atoms with van der Waals surface area (Å²) in [6.45, 7) is 7.23. The van der Waals surface area contributed by atoms with Crippen LogP contribution < -0.4 is 0 Å². The number of carbonyl (C=O) groups is 2. The summed E-state index contributed by atoms with van der Waals surface area (Å²) in [7, 11) is 0. The van der Waals surface area contributed by atoms with Crippen LogP contribution in [0.15, 0.2) is 0 Å². The van der Waals surface area contributed by atoms with Crippen LogP contribution in [0.2, 0.25) is 0 Å². The molecule has 0 heterocycles. The van der Waals surface area contributed by atoms with Crippen molar-refractivity contribution in [3.05, 3.63) is 0 Å². The van der Waals surface area contributed by atoms with E-state index in [0.717, 1.165) is 0 Å². The van der Waals surface area contributed by atoms with Gasteiger partial charge in [-0.3, -0.25) is 9.59 Å². The van der Waals surface area contributed by atoms with Crippen LogP contribution in [0, 0.1) is 0 Å². The van der Waals surface area contributed by atoms with E-state index in [2.05, 4.69) is 34.7 Å². The van der Waals surface area contributed by atoms with Gasteiger partial charge in [0.2, 0.25) is 0 Å². The minimum absolute atomic E-state index is 0. The molecule has 0 aliphatic rings. The van der Waals surface area contributed by atoms with E-state index in [1.54, 1.807) is 27.7 Å². The number of ether oxygens (including phenoxy) is 2. The van der Waals surface area contributed by atoms with Gasteiger partial charge < -0.3 is 9.47 Å². The van der Waals surface area contributed by atoms with Crippen LogP contribution in [0.4, 0.5) is 0 Å². The van der Waals surface area contributed by atoms with Gasteiger partial charge in [0.25, 0.3) is 0 Å². The van der Waals surface area contributed by atoms with Gasteiger partial charge in [0.05, 0.1) is 23.7 Å². The van der Waals surface area contributed by atoms with Crippen LogP contribution in [0.3, 0.4) is 0 Å². The fourth-order valence-corrected chi connectivity index (χ4v) is 0.749. The van der Waals surface area contributed by atoms with E-state index in [-0.39, 0.29) is 55.1 Å². The first-order valence-corrected chi connectivity index (χ1v) is 6.20. The van der Waals surface area contributed by atoms with Gasteiger partial charge in [-0.2, -0.15) is 25.3 Å². The first-order chi connectivity index (χ1) is 7.33. The Kier molecular flexibility index (Phi) is 18.9. The molecule has 4 nitrogen and oxygen atoms in total. The molecule has 0 fully saturated rings. The third kappa shape index (κ3) is 22.0. The molecule has 17 heavy (non-hydrogen) atoms. The molecule has 0 radical (unpaired) electrons. The van der Waals surface area contributed by atoms with E-state index < -0.39 is 0 Å². The third-order valence-corrected chi connectivity index (χ3v) is 1.51. The van der Waals surface area contributed by atoms with Crippen LogP contribution >= 0.6 is 25.3 Å². The molecule has 7 heteroatoms. The summed E-state index contributed by atoms with van der Waals surface area (Å²) < 4.78 is 9.37. The standard InChI is InChI=1S/2C5H10O2S.Zn/c2*1-4(2)7-5(6)3-8;/h2*4,8H,3H2,1-2H3;. The van der Waals surface area contributed by atoms with Crippen molar-refractivity contribution in [2.75, 3.05) is 11.5 Å². The van der Waals surface area contributed by atoms with Gasteiger partial charge in [-0.05, 0) is 27.7 Å². The largest absolute Gasteiger partial charge is 0.462 e. The number of rotatable bonds is 4. The summed E-state index contributed by atoms with van der Waals surface area (Å²) in [5.41, 5.74) is 0. The maximum absolute atomic E-state index is 10.3. The second-order valence-electron chi connectivity index (χ2n) is 3.39. The molecular formula is C10H20O4S2Zn. The molecule has 0 bridgehead atoms. The van der Waals surface area contributed by atoms with E-state index >= 15 is 0 Å². The molecule has 0 spiro atoms. The van der Waals surface area contributed by atoms with Crippen molar-refractivity contribution in [3.8, 4) is 0 Å². The molecular weight excluding hydrogens is 314 g/mol. The van der Waals surface area contributed by atoms with Crippen LogP contribution in [0.25, 0.3) is 0 Å². The predicted molar refractivity (Wildman–Crippen MR) is 70.2 cm³/mol. The number of thiol groups is 2. The van der Waals surface area contributed by atoms with Gasteiger partial charge in [0.1, 0.15) is 0 Å². The topological polar surface area (TPSA) is 52.6 Å². The Balaban J connectivity index is -0.000000218.